The summed E-state index contributed by atoms with van der Waals surface area (Å²) >= 11 is 3.46. The van der Waals surface area contributed by atoms with Crippen LogP contribution in [0.15, 0.2) is 51.7 Å². The molecule has 148 valence electrons. The molecule has 3 rings (SSSR count). The van der Waals surface area contributed by atoms with Crippen molar-refractivity contribution in [2.45, 2.75) is 11.8 Å². The van der Waals surface area contributed by atoms with E-state index < -0.39 is 11.7 Å². The number of benzene rings is 2. The maximum atomic E-state index is 12.6. The summed E-state index contributed by atoms with van der Waals surface area (Å²) in [6.45, 7) is 0. The van der Waals surface area contributed by atoms with Gasteiger partial charge >= 0.3 is 11.7 Å². The fraction of sp³-hybridized carbons (Fsp3) is 0.200. The zero-order valence-corrected chi connectivity index (χ0v) is 17.0. The Kier molecular flexibility index (Phi) is 7.57. The summed E-state index contributed by atoms with van der Waals surface area (Å²) in [4.78, 5) is 23.9. The zero-order chi connectivity index (χ0) is 20.7. The van der Waals surface area contributed by atoms with Crippen molar-refractivity contribution in [3.8, 4) is 5.75 Å². The Bertz CT molecular complexity index is 1040. The van der Waals surface area contributed by atoms with Crippen molar-refractivity contribution in [1.82, 2.24) is 5.32 Å². The number of alkyl halides is 2. The van der Waals surface area contributed by atoms with E-state index in [1.165, 1.54) is 13.1 Å². The second-order valence-corrected chi connectivity index (χ2v) is 6.26. The number of hydrogen-bond donors (Lipinski definition) is 2. The van der Waals surface area contributed by atoms with Gasteiger partial charge in [-0.2, -0.15) is 0 Å². The highest BCUT2D eigenvalue weighted by atomic mass is 79.9. The SMILES string of the molecule is CF.CNC(=O)Oc1ccc2c(CBr)c(Cc3cccc(N)c3)c(=O)oc2c1. The Morgan fingerprint density at radius 2 is 1.96 bits per heavy atom. The van der Waals surface area contributed by atoms with E-state index in [-0.39, 0.29) is 0 Å². The average molecular weight is 451 g/mol. The van der Waals surface area contributed by atoms with Crippen molar-refractivity contribution < 1.29 is 18.3 Å². The lowest BCUT2D eigenvalue weighted by Crippen LogP contribution is -2.22. The Balaban J connectivity index is 0.00000136. The number of nitrogen functional groups attached to an aromatic ring is 1. The fourth-order valence-electron chi connectivity index (χ4n) is 2.74. The molecule has 3 N–H and O–H groups in total. The summed E-state index contributed by atoms with van der Waals surface area (Å²) in [5.41, 5.74) is 8.74. The number of carbonyl (C=O) groups is 1. The molecular formula is C20H20BrFN2O4. The van der Waals surface area contributed by atoms with E-state index in [0.29, 0.717) is 41.5 Å². The molecule has 0 unspecified atom stereocenters. The van der Waals surface area contributed by atoms with E-state index >= 15 is 0 Å². The van der Waals surface area contributed by atoms with Crippen LogP contribution in [-0.4, -0.2) is 20.3 Å². The third kappa shape index (κ3) is 4.89. The quantitative estimate of drug-likeness (QED) is 0.353. The van der Waals surface area contributed by atoms with Gasteiger partial charge < -0.3 is 20.2 Å². The first-order valence-electron chi connectivity index (χ1n) is 8.28. The van der Waals surface area contributed by atoms with E-state index in [4.69, 9.17) is 14.9 Å². The van der Waals surface area contributed by atoms with Crippen molar-refractivity contribution in [1.29, 1.82) is 0 Å². The van der Waals surface area contributed by atoms with Crippen molar-refractivity contribution in [2.24, 2.45) is 0 Å². The van der Waals surface area contributed by atoms with Crippen LogP contribution in [0.2, 0.25) is 0 Å². The lowest BCUT2D eigenvalue weighted by atomic mass is 9.99. The van der Waals surface area contributed by atoms with Gasteiger partial charge in [-0.1, -0.05) is 28.1 Å². The molecular weight excluding hydrogens is 431 g/mol. The minimum absolute atomic E-state index is 0.295. The van der Waals surface area contributed by atoms with Crippen molar-refractivity contribution in [3.63, 3.8) is 0 Å². The molecule has 1 aromatic heterocycles. The molecule has 0 bridgehead atoms. The van der Waals surface area contributed by atoms with Crippen LogP contribution in [-0.2, 0) is 11.8 Å². The smallest absolute Gasteiger partial charge is 0.412 e. The highest BCUT2D eigenvalue weighted by Gasteiger charge is 2.15. The van der Waals surface area contributed by atoms with Crippen LogP contribution in [0.5, 0.6) is 5.75 Å². The second kappa shape index (κ2) is 9.89. The van der Waals surface area contributed by atoms with Crippen LogP contribution in [0.3, 0.4) is 0 Å². The van der Waals surface area contributed by atoms with Gasteiger partial charge in [0, 0.05) is 41.5 Å². The number of ether oxygens (including phenoxy) is 1. The summed E-state index contributed by atoms with van der Waals surface area (Å²) in [7, 11) is 1.97. The number of carbonyl (C=O) groups excluding carboxylic acids is 1. The Morgan fingerprint density at radius 3 is 2.61 bits per heavy atom. The van der Waals surface area contributed by atoms with Crippen LogP contribution in [0.25, 0.3) is 11.0 Å². The Hall–Kier alpha value is -2.87. The summed E-state index contributed by atoms with van der Waals surface area (Å²) in [5, 5.41) is 3.64. The molecule has 0 saturated heterocycles. The summed E-state index contributed by atoms with van der Waals surface area (Å²) in [6.07, 6.45) is -0.175. The molecule has 6 nitrogen and oxygen atoms in total. The summed E-state index contributed by atoms with van der Waals surface area (Å²) in [6, 6.07) is 12.4. The lowest BCUT2D eigenvalue weighted by Gasteiger charge is -2.11. The van der Waals surface area contributed by atoms with Gasteiger partial charge in [-0.3, -0.25) is 4.39 Å². The van der Waals surface area contributed by atoms with E-state index in [0.717, 1.165) is 16.5 Å². The summed E-state index contributed by atoms with van der Waals surface area (Å²) in [5.74, 6) is 0.295. The van der Waals surface area contributed by atoms with Crippen LogP contribution < -0.4 is 21.4 Å². The minimum atomic E-state index is -0.592. The van der Waals surface area contributed by atoms with Crippen molar-refractivity contribution in [2.75, 3.05) is 20.0 Å². The minimum Gasteiger partial charge on any atom is -0.422 e. The Labute approximate surface area is 169 Å². The van der Waals surface area contributed by atoms with E-state index in [1.807, 2.05) is 18.2 Å². The third-order valence-corrected chi connectivity index (χ3v) is 4.53. The predicted molar refractivity (Wildman–Crippen MR) is 111 cm³/mol. The van der Waals surface area contributed by atoms with Gasteiger partial charge in [0.2, 0.25) is 0 Å². The maximum Gasteiger partial charge on any atom is 0.412 e. The van der Waals surface area contributed by atoms with Crippen molar-refractivity contribution in [3.05, 3.63) is 69.6 Å². The molecule has 0 radical (unpaired) electrons. The van der Waals surface area contributed by atoms with E-state index in [1.54, 1.807) is 18.2 Å². The van der Waals surface area contributed by atoms with Gasteiger partial charge in [-0.15, -0.1) is 0 Å². The molecule has 0 aliphatic heterocycles. The number of fused-ring (bicyclic) bond motifs is 1. The molecule has 0 atom stereocenters. The number of rotatable bonds is 4. The van der Waals surface area contributed by atoms with Gasteiger partial charge in [-0.25, -0.2) is 9.59 Å². The van der Waals surface area contributed by atoms with Crippen LogP contribution in [0.1, 0.15) is 16.7 Å². The van der Waals surface area contributed by atoms with Gasteiger partial charge in [0.25, 0.3) is 0 Å². The standard InChI is InChI=1S/C19H17BrN2O4.CH3F/c1-22-19(24)25-13-5-6-14-16(10-20)15(18(23)26-17(14)9-13)8-11-3-2-4-12(21)7-11;1-2/h2-7,9H,8,10,21H2,1H3,(H,22,24);1H3. The number of amides is 1. The average Bonchev–Trinajstić information content (AvgIpc) is 2.70. The van der Waals surface area contributed by atoms with Gasteiger partial charge in [0.15, 0.2) is 0 Å². The highest BCUT2D eigenvalue weighted by Crippen LogP contribution is 2.27. The molecule has 0 aliphatic rings. The molecule has 1 amide bonds. The molecule has 2 aromatic carbocycles. The normalized spacial score (nSPS) is 10.1. The highest BCUT2D eigenvalue weighted by molar-refractivity contribution is 9.08. The van der Waals surface area contributed by atoms with Gasteiger partial charge in [0.05, 0.1) is 7.18 Å². The van der Waals surface area contributed by atoms with Crippen LogP contribution in [0, 0.1) is 0 Å². The van der Waals surface area contributed by atoms with Gasteiger partial charge in [0.1, 0.15) is 11.3 Å². The number of nitrogens with one attached hydrogen (secondary N) is 1. The lowest BCUT2D eigenvalue weighted by molar-refractivity contribution is 0.203. The maximum absolute atomic E-state index is 12.6. The first-order valence-corrected chi connectivity index (χ1v) is 9.40. The van der Waals surface area contributed by atoms with E-state index in [2.05, 4.69) is 21.2 Å². The molecule has 0 aliphatic carbocycles. The van der Waals surface area contributed by atoms with Crippen molar-refractivity contribution >= 4 is 38.7 Å². The monoisotopic (exact) mass is 450 g/mol. The number of anilines is 1. The molecule has 3 aromatic rings. The first kappa shape index (κ1) is 21.4. The van der Waals surface area contributed by atoms with E-state index in [9.17, 15) is 14.0 Å². The molecule has 0 saturated carbocycles. The second-order valence-electron chi connectivity index (χ2n) is 5.70. The fourth-order valence-corrected chi connectivity index (χ4v) is 3.38. The third-order valence-electron chi connectivity index (χ3n) is 3.97. The molecule has 0 spiro atoms. The zero-order valence-electron chi connectivity index (χ0n) is 15.4. The van der Waals surface area contributed by atoms with Crippen LogP contribution in [0.4, 0.5) is 14.9 Å². The van der Waals surface area contributed by atoms with Crippen LogP contribution >= 0.6 is 15.9 Å². The molecule has 28 heavy (non-hydrogen) atoms. The molecule has 1 heterocycles. The number of nitrogens with two attached hydrogens (primary N) is 1. The predicted octanol–water partition coefficient (Wildman–Crippen LogP) is 4.16. The largest absolute Gasteiger partial charge is 0.422 e. The number of hydrogen-bond acceptors (Lipinski definition) is 5. The first-order chi connectivity index (χ1) is 13.5. The number of halogens is 2. The molecule has 0 fully saturated rings. The summed E-state index contributed by atoms with van der Waals surface area (Å²) < 4.78 is 20.1. The Morgan fingerprint density at radius 1 is 1.21 bits per heavy atom. The topological polar surface area (TPSA) is 94.6 Å². The van der Waals surface area contributed by atoms with Gasteiger partial charge in [-0.05, 0) is 35.4 Å². The molecule has 8 heteroatoms.